The Morgan fingerprint density at radius 1 is 1.19 bits per heavy atom. The minimum Gasteiger partial charge on any atom is -0.368 e. The molecule has 16 heavy (non-hydrogen) atoms. The predicted molar refractivity (Wildman–Crippen MR) is 50.8 cm³/mol. The van der Waals surface area contributed by atoms with E-state index in [1.165, 1.54) is 18.2 Å². The summed E-state index contributed by atoms with van der Waals surface area (Å²) in [7, 11) is 0. The average Bonchev–Trinajstić information content (AvgIpc) is 2.63. The van der Waals surface area contributed by atoms with Crippen LogP contribution in [0.15, 0.2) is 30.6 Å². The van der Waals surface area contributed by atoms with Crippen LogP contribution in [0.4, 0.5) is 19.1 Å². The van der Waals surface area contributed by atoms with Crippen LogP contribution in [0, 0.1) is 0 Å². The summed E-state index contributed by atoms with van der Waals surface area (Å²) in [6.45, 7) is 0. The van der Waals surface area contributed by atoms with Crippen molar-refractivity contribution in [2.75, 3.05) is 5.73 Å². The average molecular weight is 228 g/mol. The van der Waals surface area contributed by atoms with Gasteiger partial charge in [0, 0.05) is 0 Å². The van der Waals surface area contributed by atoms with Gasteiger partial charge < -0.3 is 5.73 Å². The van der Waals surface area contributed by atoms with Gasteiger partial charge in [0.25, 0.3) is 0 Å². The van der Waals surface area contributed by atoms with Gasteiger partial charge in [-0.3, -0.25) is 0 Å². The van der Waals surface area contributed by atoms with Crippen molar-refractivity contribution in [2.24, 2.45) is 0 Å². The first-order valence-corrected chi connectivity index (χ1v) is 4.32. The molecule has 0 saturated carbocycles. The van der Waals surface area contributed by atoms with Gasteiger partial charge in [0.15, 0.2) is 0 Å². The molecule has 84 valence electrons. The SMILES string of the molecule is Nc1ncnn1-c1ccccc1C(F)(F)F. The number of nitrogens with zero attached hydrogens (tertiary/aromatic N) is 3. The largest absolute Gasteiger partial charge is 0.418 e. The van der Waals surface area contributed by atoms with E-state index in [1.54, 1.807) is 0 Å². The van der Waals surface area contributed by atoms with Crippen molar-refractivity contribution in [3.63, 3.8) is 0 Å². The van der Waals surface area contributed by atoms with Crippen LogP contribution in [-0.4, -0.2) is 14.8 Å². The van der Waals surface area contributed by atoms with Gasteiger partial charge >= 0.3 is 6.18 Å². The third kappa shape index (κ3) is 1.71. The Balaban J connectivity index is 2.62. The number of hydrogen-bond acceptors (Lipinski definition) is 3. The maximum atomic E-state index is 12.7. The fraction of sp³-hybridized carbons (Fsp3) is 0.111. The molecule has 0 radical (unpaired) electrons. The van der Waals surface area contributed by atoms with E-state index in [9.17, 15) is 13.2 Å². The minimum atomic E-state index is -4.45. The van der Waals surface area contributed by atoms with Gasteiger partial charge in [-0.15, -0.1) is 0 Å². The molecule has 2 rings (SSSR count). The highest BCUT2D eigenvalue weighted by Gasteiger charge is 2.34. The molecule has 2 aromatic rings. The first-order valence-electron chi connectivity index (χ1n) is 4.32. The molecule has 4 nitrogen and oxygen atoms in total. The number of halogens is 3. The summed E-state index contributed by atoms with van der Waals surface area (Å²) in [5.41, 5.74) is 4.47. The molecule has 1 aromatic heterocycles. The molecule has 7 heteroatoms. The molecular weight excluding hydrogens is 221 g/mol. The van der Waals surface area contributed by atoms with E-state index < -0.39 is 11.7 Å². The Kier molecular flexibility index (Phi) is 2.30. The van der Waals surface area contributed by atoms with Crippen molar-refractivity contribution in [2.45, 2.75) is 6.18 Å². The molecule has 1 heterocycles. The Bertz CT molecular complexity index is 503. The smallest absolute Gasteiger partial charge is 0.368 e. The van der Waals surface area contributed by atoms with Gasteiger partial charge in [-0.25, -0.2) is 0 Å². The van der Waals surface area contributed by atoms with Crippen LogP contribution >= 0.6 is 0 Å². The molecule has 0 saturated heterocycles. The Morgan fingerprint density at radius 2 is 1.88 bits per heavy atom. The highest BCUT2D eigenvalue weighted by atomic mass is 19.4. The van der Waals surface area contributed by atoms with Crippen molar-refractivity contribution < 1.29 is 13.2 Å². The van der Waals surface area contributed by atoms with Crippen molar-refractivity contribution in [1.29, 1.82) is 0 Å². The zero-order chi connectivity index (χ0) is 11.8. The number of nitrogens with two attached hydrogens (primary N) is 1. The highest BCUT2D eigenvalue weighted by molar-refractivity contribution is 5.45. The number of para-hydroxylation sites is 1. The van der Waals surface area contributed by atoms with Gasteiger partial charge in [-0.2, -0.15) is 27.9 Å². The minimum absolute atomic E-state index is 0.0864. The van der Waals surface area contributed by atoms with Crippen LogP contribution in [0.1, 0.15) is 5.56 Å². The number of hydrogen-bond donors (Lipinski definition) is 1. The van der Waals surface area contributed by atoms with Gasteiger partial charge in [-0.1, -0.05) is 12.1 Å². The maximum Gasteiger partial charge on any atom is 0.418 e. The van der Waals surface area contributed by atoms with Gasteiger partial charge in [0.05, 0.1) is 11.3 Å². The number of nitrogen functional groups attached to an aromatic ring is 1. The number of alkyl halides is 3. The van der Waals surface area contributed by atoms with Crippen molar-refractivity contribution in [3.8, 4) is 5.69 Å². The summed E-state index contributed by atoms with van der Waals surface area (Å²) in [6, 6.07) is 5.04. The maximum absolute atomic E-state index is 12.7. The monoisotopic (exact) mass is 228 g/mol. The van der Waals surface area contributed by atoms with Gasteiger partial charge in [-0.05, 0) is 12.1 Å². The normalized spacial score (nSPS) is 11.7. The van der Waals surface area contributed by atoms with E-state index >= 15 is 0 Å². The van der Waals surface area contributed by atoms with E-state index in [0.717, 1.165) is 17.1 Å². The predicted octanol–water partition coefficient (Wildman–Crippen LogP) is 1.87. The second-order valence-corrected chi connectivity index (χ2v) is 3.04. The molecule has 0 bridgehead atoms. The molecule has 0 aliphatic rings. The first-order chi connectivity index (χ1) is 7.50. The van der Waals surface area contributed by atoms with E-state index in [4.69, 9.17) is 5.73 Å². The van der Waals surface area contributed by atoms with Crippen molar-refractivity contribution >= 4 is 5.95 Å². The van der Waals surface area contributed by atoms with E-state index in [1.807, 2.05) is 0 Å². The zero-order valence-corrected chi connectivity index (χ0v) is 7.94. The number of aromatic nitrogens is 3. The number of benzene rings is 1. The number of rotatable bonds is 1. The summed E-state index contributed by atoms with van der Waals surface area (Å²) in [5.74, 6) is -0.0864. The number of anilines is 1. The van der Waals surface area contributed by atoms with E-state index in [0.29, 0.717) is 0 Å². The van der Waals surface area contributed by atoms with Gasteiger partial charge in [0.1, 0.15) is 6.33 Å². The molecule has 1 aromatic carbocycles. The molecule has 0 aliphatic carbocycles. The molecule has 0 spiro atoms. The standard InChI is InChI=1S/C9H7F3N4/c10-9(11,12)6-3-1-2-4-7(6)16-8(13)14-5-15-16/h1-5H,(H2,13,14,15). The van der Waals surface area contributed by atoms with Crippen molar-refractivity contribution in [1.82, 2.24) is 14.8 Å². The zero-order valence-electron chi connectivity index (χ0n) is 7.94. The van der Waals surface area contributed by atoms with Crippen LogP contribution < -0.4 is 5.73 Å². The lowest BCUT2D eigenvalue weighted by Crippen LogP contribution is -2.12. The molecule has 0 amide bonds. The third-order valence-electron chi connectivity index (χ3n) is 2.01. The topological polar surface area (TPSA) is 56.7 Å². The van der Waals surface area contributed by atoms with E-state index in [-0.39, 0.29) is 11.6 Å². The summed E-state index contributed by atoms with van der Waals surface area (Å²) < 4.78 is 39.0. The lowest BCUT2D eigenvalue weighted by atomic mass is 10.2. The van der Waals surface area contributed by atoms with Crippen LogP contribution in [0.3, 0.4) is 0 Å². The van der Waals surface area contributed by atoms with Crippen LogP contribution in [0.25, 0.3) is 5.69 Å². The molecular formula is C9H7F3N4. The lowest BCUT2D eigenvalue weighted by molar-refractivity contribution is -0.137. The quantitative estimate of drug-likeness (QED) is 0.810. The second-order valence-electron chi connectivity index (χ2n) is 3.04. The first kappa shape index (κ1) is 10.5. The second kappa shape index (κ2) is 3.51. The van der Waals surface area contributed by atoms with Crippen molar-refractivity contribution in [3.05, 3.63) is 36.2 Å². The molecule has 0 unspecified atom stereocenters. The summed E-state index contributed by atoms with van der Waals surface area (Å²) in [6.07, 6.45) is -3.35. The lowest BCUT2D eigenvalue weighted by Gasteiger charge is -2.12. The summed E-state index contributed by atoms with van der Waals surface area (Å²) in [4.78, 5) is 3.58. The summed E-state index contributed by atoms with van der Waals surface area (Å²) in [5, 5.41) is 3.64. The Morgan fingerprint density at radius 3 is 2.44 bits per heavy atom. The van der Waals surface area contributed by atoms with E-state index in [2.05, 4.69) is 10.1 Å². The third-order valence-corrected chi connectivity index (χ3v) is 2.01. The fourth-order valence-corrected chi connectivity index (χ4v) is 1.33. The van der Waals surface area contributed by atoms with Crippen LogP contribution in [0.2, 0.25) is 0 Å². The fourth-order valence-electron chi connectivity index (χ4n) is 1.33. The molecule has 0 fully saturated rings. The van der Waals surface area contributed by atoms with Gasteiger partial charge in [0.2, 0.25) is 5.95 Å². The van der Waals surface area contributed by atoms with Crippen LogP contribution in [0.5, 0.6) is 0 Å². The molecule has 2 N–H and O–H groups in total. The summed E-state index contributed by atoms with van der Waals surface area (Å²) >= 11 is 0. The van der Waals surface area contributed by atoms with Crippen LogP contribution in [-0.2, 0) is 6.18 Å². The highest BCUT2D eigenvalue weighted by Crippen LogP contribution is 2.33. The molecule has 0 atom stereocenters. The Hall–Kier alpha value is -2.05. The Labute approximate surface area is 88.5 Å². The molecule has 0 aliphatic heterocycles.